The highest BCUT2D eigenvalue weighted by Gasteiger charge is 2.40. The van der Waals surface area contributed by atoms with Gasteiger partial charge in [0.1, 0.15) is 0 Å². The van der Waals surface area contributed by atoms with Crippen molar-refractivity contribution in [2.24, 2.45) is 0 Å². The van der Waals surface area contributed by atoms with E-state index in [1.807, 2.05) is 53.4 Å². The van der Waals surface area contributed by atoms with E-state index in [0.717, 1.165) is 44.4 Å². The molecule has 1 amide bonds. The van der Waals surface area contributed by atoms with Crippen molar-refractivity contribution >= 4 is 16.8 Å². The molecule has 4 aromatic carbocycles. The Morgan fingerprint density at radius 1 is 0.719 bits per heavy atom. The highest BCUT2D eigenvalue weighted by atomic mass is 16.2. The number of benzene rings is 4. The Labute approximate surface area is 187 Å². The van der Waals surface area contributed by atoms with Gasteiger partial charge in [-0.2, -0.15) is 0 Å². The molecule has 1 aromatic heterocycles. The number of hydrogen-bond acceptors (Lipinski definition) is 1. The number of carbonyl (C=O) groups excluding carboxylic acids is 1. The molecule has 1 atom stereocenters. The topological polar surface area (TPSA) is 36.1 Å². The fourth-order valence-corrected chi connectivity index (χ4v) is 4.90. The number of nitrogens with one attached hydrogen (secondary N) is 1. The standard InChI is InChI=1S/C29H22N2O/c32-29-23-16-8-7-15-22(23)28(31(29)19-20-11-3-1-4-12-20)26-24-17-9-10-18-25(24)30-27(26)21-13-5-2-6-14-21/h1-18,28,30H,19H2/t28-/m1/s1. The van der Waals surface area contributed by atoms with Crippen molar-refractivity contribution in [2.45, 2.75) is 12.6 Å². The minimum Gasteiger partial charge on any atom is -0.354 e. The Kier molecular flexibility index (Phi) is 4.39. The van der Waals surface area contributed by atoms with Crippen LogP contribution in [0.2, 0.25) is 0 Å². The molecular weight excluding hydrogens is 392 g/mol. The number of amides is 1. The molecule has 0 fully saturated rings. The number of para-hydroxylation sites is 1. The van der Waals surface area contributed by atoms with Crippen LogP contribution in [0.1, 0.15) is 33.1 Å². The number of carbonyl (C=O) groups is 1. The third kappa shape index (κ3) is 2.94. The largest absolute Gasteiger partial charge is 0.354 e. The van der Waals surface area contributed by atoms with Gasteiger partial charge in [-0.05, 0) is 28.8 Å². The lowest BCUT2D eigenvalue weighted by Gasteiger charge is -2.27. The molecule has 0 aliphatic carbocycles. The predicted molar refractivity (Wildman–Crippen MR) is 128 cm³/mol. The summed E-state index contributed by atoms with van der Waals surface area (Å²) in [6.45, 7) is 0.562. The third-order valence-corrected chi connectivity index (χ3v) is 6.34. The van der Waals surface area contributed by atoms with Crippen LogP contribution in [-0.2, 0) is 6.54 Å². The number of fused-ring (bicyclic) bond motifs is 2. The highest BCUT2D eigenvalue weighted by Crippen LogP contribution is 2.45. The van der Waals surface area contributed by atoms with Crippen molar-refractivity contribution < 1.29 is 4.79 Å². The molecule has 32 heavy (non-hydrogen) atoms. The lowest BCUT2D eigenvalue weighted by Crippen LogP contribution is -2.28. The van der Waals surface area contributed by atoms with E-state index in [0.29, 0.717) is 6.54 Å². The maximum atomic E-state index is 13.6. The fraction of sp³-hybridized carbons (Fsp3) is 0.0690. The van der Waals surface area contributed by atoms with Crippen LogP contribution in [0, 0.1) is 0 Å². The van der Waals surface area contributed by atoms with E-state index >= 15 is 0 Å². The zero-order valence-corrected chi connectivity index (χ0v) is 17.5. The molecule has 3 heteroatoms. The lowest BCUT2D eigenvalue weighted by molar-refractivity contribution is 0.0737. The van der Waals surface area contributed by atoms with Crippen LogP contribution in [0.5, 0.6) is 0 Å². The Bertz CT molecular complexity index is 1420. The minimum absolute atomic E-state index is 0.0822. The van der Waals surface area contributed by atoms with Crippen molar-refractivity contribution in [3.63, 3.8) is 0 Å². The van der Waals surface area contributed by atoms with Gasteiger partial charge in [-0.3, -0.25) is 4.79 Å². The molecule has 0 saturated carbocycles. The first-order chi connectivity index (χ1) is 15.8. The van der Waals surface area contributed by atoms with Gasteiger partial charge >= 0.3 is 0 Å². The summed E-state index contributed by atoms with van der Waals surface area (Å²) in [5, 5.41) is 1.15. The lowest BCUT2D eigenvalue weighted by atomic mass is 9.93. The van der Waals surface area contributed by atoms with Crippen LogP contribution in [0.25, 0.3) is 22.2 Å². The molecule has 1 aliphatic heterocycles. The van der Waals surface area contributed by atoms with Gasteiger partial charge in [-0.15, -0.1) is 0 Å². The summed E-state index contributed by atoms with van der Waals surface area (Å²) in [6.07, 6.45) is 0. The van der Waals surface area contributed by atoms with E-state index in [2.05, 4.69) is 65.6 Å². The van der Waals surface area contributed by atoms with Crippen LogP contribution in [-0.4, -0.2) is 15.8 Å². The molecule has 0 unspecified atom stereocenters. The monoisotopic (exact) mass is 414 g/mol. The predicted octanol–water partition coefficient (Wildman–Crippen LogP) is 6.58. The molecule has 5 aromatic rings. The first-order valence-electron chi connectivity index (χ1n) is 10.9. The summed E-state index contributed by atoms with van der Waals surface area (Å²) < 4.78 is 0. The average molecular weight is 415 g/mol. The summed E-state index contributed by atoms with van der Waals surface area (Å²) >= 11 is 0. The molecule has 3 nitrogen and oxygen atoms in total. The number of aromatic amines is 1. The van der Waals surface area contributed by atoms with Crippen LogP contribution in [0.4, 0.5) is 0 Å². The summed E-state index contributed by atoms with van der Waals surface area (Å²) in [4.78, 5) is 19.3. The molecule has 0 radical (unpaired) electrons. The van der Waals surface area contributed by atoms with E-state index in [4.69, 9.17) is 0 Å². The van der Waals surface area contributed by atoms with Crippen molar-refractivity contribution in [1.82, 2.24) is 9.88 Å². The normalized spacial score (nSPS) is 15.3. The SMILES string of the molecule is O=C1c2ccccc2[C@H](c2c(-c3ccccc3)[nH]c3ccccc23)N1Cc1ccccc1. The van der Waals surface area contributed by atoms with Gasteiger partial charge in [0.15, 0.2) is 0 Å². The molecule has 1 aliphatic rings. The van der Waals surface area contributed by atoms with Gasteiger partial charge < -0.3 is 9.88 Å². The Hall–Kier alpha value is -4.11. The average Bonchev–Trinajstić information content (AvgIpc) is 3.36. The van der Waals surface area contributed by atoms with E-state index in [9.17, 15) is 4.79 Å². The first-order valence-corrected chi connectivity index (χ1v) is 10.9. The molecule has 0 spiro atoms. The summed E-state index contributed by atoms with van der Waals surface area (Å²) in [6, 6.07) is 36.9. The second-order valence-electron chi connectivity index (χ2n) is 8.23. The van der Waals surface area contributed by atoms with Gasteiger partial charge in [0.25, 0.3) is 5.91 Å². The van der Waals surface area contributed by atoms with E-state index in [1.165, 1.54) is 0 Å². The Morgan fingerprint density at radius 3 is 2.19 bits per heavy atom. The number of hydrogen-bond donors (Lipinski definition) is 1. The van der Waals surface area contributed by atoms with E-state index in [-0.39, 0.29) is 11.9 Å². The van der Waals surface area contributed by atoms with Crippen LogP contribution < -0.4 is 0 Å². The maximum absolute atomic E-state index is 13.6. The molecule has 0 saturated heterocycles. The Balaban J connectivity index is 1.61. The van der Waals surface area contributed by atoms with Gasteiger partial charge in [0, 0.05) is 28.6 Å². The molecule has 2 heterocycles. The van der Waals surface area contributed by atoms with Gasteiger partial charge in [0.2, 0.25) is 0 Å². The number of H-pyrrole nitrogens is 1. The number of aromatic nitrogens is 1. The van der Waals surface area contributed by atoms with Crippen molar-refractivity contribution in [3.8, 4) is 11.3 Å². The molecule has 6 rings (SSSR count). The summed E-state index contributed by atoms with van der Waals surface area (Å²) in [5.74, 6) is 0.0822. The van der Waals surface area contributed by atoms with Crippen molar-refractivity contribution in [1.29, 1.82) is 0 Å². The minimum atomic E-state index is -0.162. The maximum Gasteiger partial charge on any atom is 0.255 e. The van der Waals surface area contributed by atoms with Crippen molar-refractivity contribution in [2.75, 3.05) is 0 Å². The highest BCUT2D eigenvalue weighted by molar-refractivity contribution is 6.02. The molecule has 1 N–H and O–H groups in total. The smallest absolute Gasteiger partial charge is 0.255 e. The van der Waals surface area contributed by atoms with Crippen molar-refractivity contribution in [3.05, 3.63) is 131 Å². The second kappa shape index (κ2) is 7.54. The van der Waals surface area contributed by atoms with Crippen LogP contribution in [0.3, 0.4) is 0 Å². The zero-order chi connectivity index (χ0) is 21.5. The molecule has 154 valence electrons. The first kappa shape index (κ1) is 18.6. The van der Waals surface area contributed by atoms with Crippen LogP contribution >= 0.6 is 0 Å². The zero-order valence-electron chi connectivity index (χ0n) is 17.5. The number of rotatable bonds is 4. The quantitative estimate of drug-likeness (QED) is 0.354. The Morgan fingerprint density at radius 2 is 1.38 bits per heavy atom. The molecule has 0 bridgehead atoms. The van der Waals surface area contributed by atoms with Gasteiger partial charge in [-0.25, -0.2) is 0 Å². The summed E-state index contributed by atoms with van der Waals surface area (Å²) in [7, 11) is 0. The molecular formula is C29H22N2O. The summed E-state index contributed by atoms with van der Waals surface area (Å²) in [5.41, 5.74) is 7.40. The van der Waals surface area contributed by atoms with E-state index in [1.54, 1.807) is 0 Å². The van der Waals surface area contributed by atoms with Gasteiger partial charge in [0.05, 0.1) is 11.7 Å². The van der Waals surface area contributed by atoms with E-state index < -0.39 is 0 Å². The van der Waals surface area contributed by atoms with Gasteiger partial charge in [-0.1, -0.05) is 97.1 Å². The third-order valence-electron chi connectivity index (χ3n) is 6.34. The fourth-order valence-electron chi connectivity index (χ4n) is 4.90. The van der Waals surface area contributed by atoms with Crippen LogP contribution in [0.15, 0.2) is 109 Å². The number of nitrogens with zero attached hydrogens (tertiary/aromatic N) is 1. The second-order valence-corrected chi connectivity index (χ2v) is 8.23.